The number of carbonyl (C=O) groups is 1. The fourth-order valence-corrected chi connectivity index (χ4v) is 1.74. The molecule has 1 fully saturated rings. The standard InChI is InChI=1S/C11H14N2O2/c1-3-9-8(11(14)15)5-12-10(13-9)7-4-6(7)2/h5-7H,3-4H2,1-2H3,(H,14,15). The molecule has 4 heteroatoms. The number of carboxylic acids is 1. The number of hydrogen-bond donors (Lipinski definition) is 1. The Morgan fingerprint density at radius 3 is 2.80 bits per heavy atom. The van der Waals surface area contributed by atoms with Crippen molar-refractivity contribution in [2.45, 2.75) is 32.6 Å². The third-order valence-corrected chi connectivity index (χ3v) is 2.89. The Morgan fingerprint density at radius 2 is 2.33 bits per heavy atom. The van der Waals surface area contributed by atoms with Crippen molar-refractivity contribution in [3.8, 4) is 0 Å². The van der Waals surface area contributed by atoms with Crippen LogP contribution in [-0.2, 0) is 6.42 Å². The van der Waals surface area contributed by atoms with Crippen LogP contribution in [0.1, 0.15) is 48.1 Å². The van der Waals surface area contributed by atoms with Crippen molar-refractivity contribution in [2.24, 2.45) is 5.92 Å². The van der Waals surface area contributed by atoms with E-state index in [0.29, 0.717) is 24.0 Å². The lowest BCUT2D eigenvalue weighted by molar-refractivity contribution is 0.0694. The first-order valence-corrected chi connectivity index (χ1v) is 5.22. The Hall–Kier alpha value is -1.45. The van der Waals surface area contributed by atoms with Gasteiger partial charge in [0, 0.05) is 12.1 Å². The second-order valence-electron chi connectivity index (χ2n) is 4.07. The topological polar surface area (TPSA) is 63.1 Å². The molecule has 2 atom stereocenters. The number of aromatic nitrogens is 2. The van der Waals surface area contributed by atoms with Gasteiger partial charge < -0.3 is 5.11 Å². The van der Waals surface area contributed by atoms with Gasteiger partial charge in [-0.3, -0.25) is 0 Å². The largest absolute Gasteiger partial charge is 0.478 e. The summed E-state index contributed by atoms with van der Waals surface area (Å²) in [6.07, 6.45) is 3.20. The summed E-state index contributed by atoms with van der Waals surface area (Å²) in [4.78, 5) is 19.3. The van der Waals surface area contributed by atoms with Gasteiger partial charge in [-0.1, -0.05) is 13.8 Å². The highest BCUT2D eigenvalue weighted by Gasteiger charge is 2.36. The normalized spacial score (nSPS) is 23.9. The zero-order valence-electron chi connectivity index (χ0n) is 8.90. The highest BCUT2D eigenvalue weighted by Crippen LogP contribution is 2.45. The minimum Gasteiger partial charge on any atom is -0.478 e. The minimum absolute atomic E-state index is 0.231. The van der Waals surface area contributed by atoms with Crippen LogP contribution in [0.2, 0.25) is 0 Å². The van der Waals surface area contributed by atoms with Gasteiger partial charge in [-0.15, -0.1) is 0 Å². The molecule has 2 unspecified atom stereocenters. The highest BCUT2D eigenvalue weighted by atomic mass is 16.4. The van der Waals surface area contributed by atoms with E-state index in [9.17, 15) is 4.79 Å². The van der Waals surface area contributed by atoms with E-state index >= 15 is 0 Å². The summed E-state index contributed by atoms with van der Waals surface area (Å²) in [5.74, 6) is 0.954. The Balaban J connectivity index is 2.34. The van der Waals surface area contributed by atoms with E-state index in [2.05, 4.69) is 16.9 Å². The molecule has 0 amide bonds. The van der Waals surface area contributed by atoms with Crippen molar-refractivity contribution in [2.75, 3.05) is 0 Å². The molecule has 1 aliphatic rings. The highest BCUT2D eigenvalue weighted by molar-refractivity contribution is 5.88. The molecular formula is C11H14N2O2. The lowest BCUT2D eigenvalue weighted by atomic mass is 10.2. The van der Waals surface area contributed by atoms with E-state index in [-0.39, 0.29) is 5.56 Å². The van der Waals surface area contributed by atoms with Gasteiger partial charge in [0.2, 0.25) is 0 Å². The zero-order chi connectivity index (χ0) is 11.0. The SMILES string of the molecule is CCc1nc(C2CC2C)ncc1C(=O)O. The summed E-state index contributed by atoms with van der Waals surface area (Å²) in [5.41, 5.74) is 0.876. The van der Waals surface area contributed by atoms with Gasteiger partial charge in [0.1, 0.15) is 5.82 Å². The lowest BCUT2D eigenvalue weighted by Gasteiger charge is -2.04. The van der Waals surface area contributed by atoms with Crippen LogP contribution in [0.15, 0.2) is 6.20 Å². The fourth-order valence-electron chi connectivity index (χ4n) is 1.74. The predicted octanol–water partition coefficient (Wildman–Crippen LogP) is 1.86. The Kier molecular flexibility index (Phi) is 2.42. The first-order valence-electron chi connectivity index (χ1n) is 5.22. The van der Waals surface area contributed by atoms with Crippen molar-refractivity contribution in [1.29, 1.82) is 0 Å². The minimum atomic E-state index is -0.942. The quantitative estimate of drug-likeness (QED) is 0.819. The molecule has 1 aliphatic carbocycles. The van der Waals surface area contributed by atoms with Gasteiger partial charge in [-0.2, -0.15) is 0 Å². The Labute approximate surface area is 88.4 Å². The van der Waals surface area contributed by atoms with Crippen molar-refractivity contribution >= 4 is 5.97 Å². The molecule has 1 aromatic rings. The van der Waals surface area contributed by atoms with Gasteiger partial charge in [-0.25, -0.2) is 14.8 Å². The van der Waals surface area contributed by atoms with Crippen molar-refractivity contribution < 1.29 is 9.90 Å². The predicted molar refractivity (Wildman–Crippen MR) is 54.9 cm³/mol. The molecule has 0 aromatic carbocycles. The molecule has 1 N–H and O–H groups in total. The maximum atomic E-state index is 10.9. The summed E-state index contributed by atoms with van der Waals surface area (Å²) in [6.45, 7) is 4.07. The third-order valence-electron chi connectivity index (χ3n) is 2.89. The molecule has 1 saturated carbocycles. The smallest absolute Gasteiger partial charge is 0.339 e. The number of rotatable bonds is 3. The first-order chi connectivity index (χ1) is 7.13. The molecule has 4 nitrogen and oxygen atoms in total. The molecule has 1 aromatic heterocycles. The maximum absolute atomic E-state index is 10.9. The van der Waals surface area contributed by atoms with E-state index < -0.39 is 5.97 Å². The maximum Gasteiger partial charge on any atom is 0.339 e. The van der Waals surface area contributed by atoms with Crippen LogP contribution in [0.3, 0.4) is 0 Å². The van der Waals surface area contributed by atoms with Gasteiger partial charge in [-0.05, 0) is 18.8 Å². The van der Waals surface area contributed by atoms with E-state index in [1.807, 2.05) is 6.92 Å². The van der Waals surface area contributed by atoms with Gasteiger partial charge in [0.05, 0.1) is 11.3 Å². The second kappa shape index (κ2) is 3.61. The molecule has 1 heterocycles. The molecule has 80 valence electrons. The number of aromatic carboxylic acids is 1. The summed E-state index contributed by atoms with van der Waals surface area (Å²) in [7, 11) is 0. The average Bonchev–Trinajstić information content (AvgIpc) is 2.94. The van der Waals surface area contributed by atoms with Crippen LogP contribution in [0.25, 0.3) is 0 Å². The number of carboxylic acid groups (broad SMARTS) is 1. The first kappa shape index (κ1) is 10.1. The van der Waals surface area contributed by atoms with Crippen LogP contribution in [-0.4, -0.2) is 21.0 Å². The van der Waals surface area contributed by atoms with Gasteiger partial charge >= 0.3 is 5.97 Å². The molecule has 0 spiro atoms. The molecule has 15 heavy (non-hydrogen) atoms. The molecule has 2 rings (SSSR count). The number of nitrogens with zero attached hydrogens (tertiary/aromatic N) is 2. The summed E-state index contributed by atoms with van der Waals surface area (Å²) >= 11 is 0. The molecule has 0 aliphatic heterocycles. The Morgan fingerprint density at radius 1 is 1.67 bits per heavy atom. The van der Waals surface area contributed by atoms with E-state index in [1.165, 1.54) is 6.20 Å². The summed E-state index contributed by atoms with van der Waals surface area (Å²) in [5, 5.41) is 8.91. The van der Waals surface area contributed by atoms with Crippen molar-refractivity contribution in [1.82, 2.24) is 9.97 Å². The van der Waals surface area contributed by atoms with Crippen LogP contribution in [0, 0.1) is 5.92 Å². The number of hydrogen-bond acceptors (Lipinski definition) is 3. The molecule has 0 radical (unpaired) electrons. The average molecular weight is 206 g/mol. The Bertz CT molecular complexity index is 404. The zero-order valence-corrected chi connectivity index (χ0v) is 8.90. The summed E-state index contributed by atoms with van der Waals surface area (Å²) < 4.78 is 0. The molecular weight excluding hydrogens is 192 g/mol. The van der Waals surface area contributed by atoms with Crippen LogP contribution >= 0.6 is 0 Å². The van der Waals surface area contributed by atoms with E-state index in [4.69, 9.17) is 5.11 Å². The van der Waals surface area contributed by atoms with Crippen LogP contribution in [0.5, 0.6) is 0 Å². The van der Waals surface area contributed by atoms with Crippen molar-refractivity contribution in [3.05, 3.63) is 23.3 Å². The van der Waals surface area contributed by atoms with E-state index in [0.717, 1.165) is 12.2 Å². The van der Waals surface area contributed by atoms with E-state index in [1.54, 1.807) is 0 Å². The van der Waals surface area contributed by atoms with Gasteiger partial charge in [0.15, 0.2) is 0 Å². The lowest BCUT2D eigenvalue weighted by Crippen LogP contribution is -2.08. The number of aryl methyl sites for hydroxylation is 1. The second-order valence-corrected chi connectivity index (χ2v) is 4.07. The van der Waals surface area contributed by atoms with Crippen LogP contribution < -0.4 is 0 Å². The fraction of sp³-hybridized carbons (Fsp3) is 0.545. The molecule has 0 bridgehead atoms. The van der Waals surface area contributed by atoms with Crippen molar-refractivity contribution in [3.63, 3.8) is 0 Å². The van der Waals surface area contributed by atoms with Crippen LogP contribution in [0.4, 0.5) is 0 Å². The van der Waals surface area contributed by atoms with Gasteiger partial charge in [0.25, 0.3) is 0 Å². The monoisotopic (exact) mass is 206 g/mol. The molecule has 0 saturated heterocycles. The third kappa shape index (κ3) is 1.84. The summed E-state index contributed by atoms with van der Waals surface area (Å²) in [6, 6.07) is 0.